The second kappa shape index (κ2) is 4.11. The Morgan fingerprint density at radius 3 is 2.92 bits per heavy atom. The SMILES string of the molecule is CCc1cnc(N(C)CCN)[nH]1. The maximum Gasteiger partial charge on any atom is 0.202 e. The van der Waals surface area contributed by atoms with Gasteiger partial charge in [-0.05, 0) is 6.42 Å². The van der Waals surface area contributed by atoms with Crippen LogP contribution < -0.4 is 10.6 Å². The van der Waals surface area contributed by atoms with E-state index in [4.69, 9.17) is 5.73 Å². The molecule has 0 aliphatic rings. The van der Waals surface area contributed by atoms with Crippen LogP contribution in [0.15, 0.2) is 6.20 Å². The molecule has 0 aromatic carbocycles. The van der Waals surface area contributed by atoms with E-state index in [0.717, 1.165) is 24.6 Å². The second-order valence-electron chi connectivity index (χ2n) is 2.80. The minimum Gasteiger partial charge on any atom is -0.344 e. The third kappa shape index (κ3) is 1.98. The molecule has 0 aliphatic heterocycles. The van der Waals surface area contributed by atoms with Gasteiger partial charge in [-0.3, -0.25) is 0 Å². The Morgan fingerprint density at radius 1 is 1.67 bits per heavy atom. The number of hydrogen-bond acceptors (Lipinski definition) is 3. The fourth-order valence-corrected chi connectivity index (χ4v) is 1.02. The third-order valence-electron chi connectivity index (χ3n) is 1.82. The molecule has 0 fully saturated rings. The lowest BCUT2D eigenvalue weighted by Crippen LogP contribution is -2.25. The Hall–Kier alpha value is -1.03. The van der Waals surface area contributed by atoms with E-state index in [2.05, 4.69) is 16.9 Å². The summed E-state index contributed by atoms with van der Waals surface area (Å²) >= 11 is 0. The topological polar surface area (TPSA) is 57.9 Å². The van der Waals surface area contributed by atoms with Crippen molar-refractivity contribution in [3.8, 4) is 0 Å². The van der Waals surface area contributed by atoms with Crippen molar-refractivity contribution in [3.05, 3.63) is 11.9 Å². The van der Waals surface area contributed by atoms with E-state index in [1.54, 1.807) is 0 Å². The van der Waals surface area contributed by atoms with Crippen molar-refractivity contribution < 1.29 is 0 Å². The molecular formula is C8H16N4. The standard InChI is InChI=1S/C8H16N4/c1-3-7-6-10-8(11-7)12(2)5-4-9/h6H,3-5,9H2,1-2H3,(H,10,11). The molecule has 68 valence electrons. The van der Waals surface area contributed by atoms with Crippen molar-refractivity contribution in [3.63, 3.8) is 0 Å². The molecule has 4 heteroatoms. The molecule has 1 aromatic rings. The Bertz CT molecular complexity index is 231. The molecule has 0 bridgehead atoms. The summed E-state index contributed by atoms with van der Waals surface area (Å²) in [6.07, 6.45) is 2.85. The largest absolute Gasteiger partial charge is 0.344 e. The lowest BCUT2D eigenvalue weighted by atomic mass is 10.4. The number of hydrogen-bond donors (Lipinski definition) is 2. The van der Waals surface area contributed by atoms with Crippen LogP contribution in [0.3, 0.4) is 0 Å². The van der Waals surface area contributed by atoms with E-state index in [9.17, 15) is 0 Å². The highest BCUT2D eigenvalue weighted by atomic mass is 15.2. The average molecular weight is 168 g/mol. The maximum atomic E-state index is 5.42. The number of likely N-dealkylation sites (N-methyl/N-ethyl adjacent to an activating group) is 1. The highest BCUT2D eigenvalue weighted by Crippen LogP contribution is 2.06. The van der Waals surface area contributed by atoms with Gasteiger partial charge < -0.3 is 15.6 Å². The predicted octanol–water partition coefficient (Wildman–Crippen LogP) is 0.367. The van der Waals surface area contributed by atoms with Crippen LogP contribution in [0.2, 0.25) is 0 Å². The summed E-state index contributed by atoms with van der Waals surface area (Å²) in [7, 11) is 1.98. The van der Waals surface area contributed by atoms with Gasteiger partial charge in [-0.2, -0.15) is 0 Å². The molecule has 0 aliphatic carbocycles. The van der Waals surface area contributed by atoms with Gasteiger partial charge in [-0.15, -0.1) is 0 Å². The van der Waals surface area contributed by atoms with Crippen molar-refractivity contribution in [1.29, 1.82) is 0 Å². The normalized spacial score (nSPS) is 10.2. The molecule has 0 atom stereocenters. The molecule has 1 rings (SSSR count). The van der Waals surface area contributed by atoms with Crippen molar-refractivity contribution in [2.75, 3.05) is 25.0 Å². The van der Waals surface area contributed by atoms with Gasteiger partial charge in [0.1, 0.15) is 0 Å². The van der Waals surface area contributed by atoms with E-state index in [0.29, 0.717) is 6.54 Å². The lowest BCUT2D eigenvalue weighted by Gasteiger charge is -2.13. The predicted molar refractivity (Wildman–Crippen MR) is 50.3 cm³/mol. The van der Waals surface area contributed by atoms with Gasteiger partial charge in [0.25, 0.3) is 0 Å². The quantitative estimate of drug-likeness (QED) is 0.682. The molecule has 0 saturated carbocycles. The number of anilines is 1. The van der Waals surface area contributed by atoms with E-state index in [-0.39, 0.29) is 0 Å². The smallest absolute Gasteiger partial charge is 0.202 e. The molecule has 1 aromatic heterocycles. The van der Waals surface area contributed by atoms with E-state index < -0.39 is 0 Å². The number of H-pyrrole nitrogens is 1. The highest BCUT2D eigenvalue weighted by molar-refractivity contribution is 5.29. The number of aromatic nitrogens is 2. The Morgan fingerprint density at radius 2 is 2.42 bits per heavy atom. The van der Waals surface area contributed by atoms with Gasteiger partial charge in [0.2, 0.25) is 5.95 Å². The van der Waals surface area contributed by atoms with Crippen molar-refractivity contribution in [2.24, 2.45) is 5.73 Å². The van der Waals surface area contributed by atoms with E-state index >= 15 is 0 Å². The molecule has 12 heavy (non-hydrogen) atoms. The third-order valence-corrected chi connectivity index (χ3v) is 1.82. The number of aryl methyl sites for hydroxylation is 1. The first-order valence-electron chi connectivity index (χ1n) is 4.23. The lowest BCUT2D eigenvalue weighted by molar-refractivity contribution is 0.853. The van der Waals surface area contributed by atoms with Gasteiger partial charge in [0.15, 0.2) is 0 Å². The van der Waals surface area contributed by atoms with E-state index in [1.165, 1.54) is 0 Å². The van der Waals surface area contributed by atoms with Gasteiger partial charge in [-0.25, -0.2) is 4.98 Å². The molecular weight excluding hydrogens is 152 g/mol. The average Bonchev–Trinajstić information content (AvgIpc) is 2.52. The number of rotatable bonds is 4. The molecule has 0 saturated heterocycles. The summed E-state index contributed by atoms with van der Waals surface area (Å²) in [6.45, 7) is 3.58. The number of aromatic amines is 1. The second-order valence-corrected chi connectivity index (χ2v) is 2.80. The van der Waals surface area contributed by atoms with Crippen LogP contribution >= 0.6 is 0 Å². The van der Waals surface area contributed by atoms with Gasteiger partial charge in [0.05, 0.1) is 6.20 Å². The molecule has 0 radical (unpaired) electrons. The van der Waals surface area contributed by atoms with Crippen LogP contribution in [-0.2, 0) is 6.42 Å². The number of imidazole rings is 1. The van der Waals surface area contributed by atoms with Gasteiger partial charge >= 0.3 is 0 Å². The van der Waals surface area contributed by atoms with Crippen LogP contribution in [-0.4, -0.2) is 30.1 Å². The number of nitrogens with two attached hydrogens (primary N) is 1. The summed E-state index contributed by atoms with van der Waals surface area (Å²) < 4.78 is 0. The summed E-state index contributed by atoms with van der Waals surface area (Å²) in [5, 5.41) is 0. The fourth-order valence-electron chi connectivity index (χ4n) is 1.02. The number of nitrogens with zero attached hydrogens (tertiary/aromatic N) is 2. The first kappa shape index (κ1) is 9.06. The Labute approximate surface area is 72.8 Å². The first-order chi connectivity index (χ1) is 5.77. The van der Waals surface area contributed by atoms with Crippen molar-refractivity contribution in [1.82, 2.24) is 9.97 Å². The van der Waals surface area contributed by atoms with Crippen molar-refractivity contribution in [2.45, 2.75) is 13.3 Å². The minimum atomic E-state index is 0.651. The number of nitrogens with one attached hydrogen (secondary N) is 1. The molecule has 4 nitrogen and oxygen atoms in total. The summed E-state index contributed by atoms with van der Waals surface area (Å²) in [5.41, 5.74) is 6.58. The maximum absolute atomic E-state index is 5.42. The Kier molecular flexibility index (Phi) is 3.10. The summed E-state index contributed by atoms with van der Waals surface area (Å²) in [5.74, 6) is 0.900. The molecule has 3 N–H and O–H groups in total. The van der Waals surface area contributed by atoms with Crippen LogP contribution in [0.4, 0.5) is 5.95 Å². The zero-order valence-electron chi connectivity index (χ0n) is 7.67. The summed E-state index contributed by atoms with van der Waals surface area (Å²) in [6, 6.07) is 0. The van der Waals surface area contributed by atoms with Crippen LogP contribution in [0, 0.1) is 0 Å². The minimum absolute atomic E-state index is 0.651. The zero-order valence-corrected chi connectivity index (χ0v) is 7.67. The van der Waals surface area contributed by atoms with Gasteiger partial charge in [-0.1, -0.05) is 6.92 Å². The molecule has 1 heterocycles. The molecule has 0 amide bonds. The summed E-state index contributed by atoms with van der Waals surface area (Å²) in [4.78, 5) is 9.44. The zero-order chi connectivity index (χ0) is 8.97. The van der Waals surface area contributed by atoms with Gasteiger partial charge in [0, 0.05) is 25.8 Å². The highest BCUT2D eigenvalue weighted by Gasteiger charge is 2.02. The first-order valence-corrected chi connectivity index (χ1v) is 4.23. The van der Waals surface area contributed by atoms with Crippen LogP contribution in [0.25, 0.3) is 0 Å². The Balaban J connectivity index is 2.61. The molecule has 0 unspecified atom stereocenters. The van der Waals surface area contributed by atoms with Crippen LogP contribution in [0.1, 0.15) is 12.6 Å². The monoisotopic (exact) mass is 168 g/mol. The van der Waals surface area contributed by atoms with Crippen molar-refractivity contribution >= 4 is 5.95 Å². The molecule has 0 spiro atoms. The fraction of sp³-hybridized carbons (Fsp3) is 0.625. The van der Waals surface area contributed by atoms with E-state index in [1.807, 2.05) is 18.1 Å². The van der Waals surface area contributed by atoms with Crippen LogP contribution in [0.5, 0.6) is 0 Å².